The Labute approximate surface area is 256 Å². The Balaban J connectivity index is 1.94. The fourth-order valence-corrected chi connectivity index (χ4v) is 5.00. The molecule has 0 saturated heterocycles. The standard InChI is InChI=1S/C30H35N5O8S/c1-18(2)19-11-12-25(32-17-19)44(36,37)35-29-27(43-22-10-8-7-9-21(22)38-3)30(42-14-13-31)34-28(33-29)20-15-23(39-4)26(41-6)24(16-20)40-5/h7-12,15-18H,13-14,31H2,1-6H3,(H,33,34,35). The molecule has 0 aliphatic rings. The van der Waals surface area contributed by atoms with Crippen LogP contribution in [0.4, 0.5) is 5.82 Å². The Kier molecular flexibility index (Phi) is 10.3. The smallest absolute Gasteiger partial charge is 0.280 e. The van der Waals surface area contributed by atoms with Gasteiger partial charge in [0.1, 0.15) is 6.61 Å². The molecule has 4 aromatic rings. The number of para-hydroxylation sites is 2. The summed E-state index contributed by atoms with van der Waals surface area (Å²) < 4.78 is 63.7. The summed E-state index contributed by atoms with van der Waals surface area (Å²) in [5.74, 6) is 1.46. The number of ether oxygens (including phenoxy) is 6. The summed E-state index contributed by atoms with van der Waals surface area (Å²) in [5.41, 5.74) is 7.02. The predicted octanol–water partition coefficient (Wildman–Crippen LogP) is 4.63. The zero-order valence-corrected chi connectivity index (χ0v) is 26.1. The highest BCUT2D eigenvalue weighted by molar-refractivity contribution is 7.92. The van der Waals surface area contributed by atoms with E-state index in [1.165, 1.54) is 40.7 Å². The highest BCUT2D eigenvalue weighted by Gasteiger charge is 2.27. The Bertz CT molecular complexity index is 1670. The number of pyridine rings is 1. The fraction of sp³-hybridized carbons (Fsp3) is 0.300. The van der Waals surface area contributed by atoms with Crippen LogP contribution in [0.5, 0.6) is 40.4 Å². The second kappa shape index (κ2) is 14.1. The number of rotatable bonds is 14. The summed E-state index contributed by atoms with van der Waals surface area (Å²) in [4.78, 5) is 13.3. The monoisotopic (exact) mass is 625 g/mol. The molecule has 0 fully saturated rings. The lowest BCUT2D eigenvalue weighted by molar-refractivity contribution is 0.296. The van der Waals surface area contributed by atoms with Crippen molar-refractivity contribution in [1.29, 1.82) is 0 Å². The molecule has 4 rings (SSSR count). The van der Waals surface area contributed by atoms with E-state index >= 15 is 0 Å². The van der Waals surface area contributed by atoms with Gasteiger partial charge in [-0.2, -0.15) is 13.4 Å². The van der Waals surface area contributed by atoms with Gasteiger partial charge < -0.3 is 34.2 Å². The number of nitrogens with two attached hydrogens (primary N) is 1. The first-order valence-corrected chi connectivity index (χ1v) is 15.0. The number of benzene rings is 2. The van der Waals surface area contributed by atoms with Crippen LogP contribution < -0.4 is 38.9 Å². The predicted molar refractivity (Wildman–Crippen MR) is 164 cm³/mol. The van der Waals surface area contributed by atoms with Crippen molar-refractivity contribution in [3.05, 3.63) is 60.3 Å². The molecule has 14 heteroatoms. The van der Waals surface area contributed by atoms with Gasteiger partial charge in [-0.1, -0.05) is 32.0 Å². The number of hydrogen-bond acceptors (Lipinski definition) is 12. The molecule has 0 spiro atoms. The van der Waals surface area contributed by atoms with Gasteiger partial charge in [0, 0.05) is 18.3 Å². The van der Waals surface area contributed by atoms with Crippen LogP contribution in [-0.4, -0.2) is 65.0 Å². The zero-order valence-electron chi connectivity index (χ0n) is 25.3. The zero-order chi connectivity index (χ0) is 31.9. The lowest BCUT2D eigenvalue weighted by Gasteiger charge is -2.19. The molecule has 2 aromatic carbocycles. The number of anilines is 1. The summed E-state index contributed by atoms with van der Waals surface area (Å²) in [6.45, 7) is 4.15. The van der Waals surface area contributed by atoms with E-state index in [9.17, 15) is 8.42 Å². The van der Waals surface area contributed by atoms with Crippen LogP contribution in [0.3, 0.4) is 0 Å². The first-order valence-electron chi connectivity index (χ1n) is 13.5. The van der Waals surface area contributed by atoms with Gasteiger partial charge in [0.25, 0.3) is 15.9 Å². The van der Waals surface area contributed by atoms with Crippen molar-refractivity contribution in [3.63, 3.8) is 0 Å². The van der Waals surface area contributed by atoms with Gasteiger partial charge in [-0.05, 0) is 41.8 Å². The number of aromatic nitrogens is 3. The van der Waals surface area contributed by atoms with Crippen LogP contribution in [0.25, 0.3) is 11.4 Å². The number of hydrogen-bond donors (Lipinski definition) is 2. The molecule has 0 amide bonds. The number of nitrogens with one attached hydrogen (secondary N) is 1. The van der Waals surface area contributed by atoms with Crippen molar-refractivity contribution in [1.82, 2.24) is 15.0 Å². The Morgan fingerprint density at radius 1 is 0.841 bits per heavy atom. The second-order valence-corrected chi connectivity index (χ2v) is 11.2. The van der Waals surface area contributed by atoms with Crippen LogP contribution in [0.15, 0.2) is 59.8 Å². The Morgan fingerprint density at radius 2 is 1.50 bits per heavy atom. The molecule has 0 saturated carbocycles. The topological polar surface area (TPSA) is 166 Å². The highest BCUT2D eigenvalue weighted by atomic mass is 32.2. The molecule has 2 aromatic heterocycles. The molecule has 13 nitrogen and oxygen atoms in total. The summed E-state index contributed by atoms with van der Waals surface area (Å²) in [5, 5.41) is -0.220. The van der Waals surface area contributed by atoms with Gasteiger partial charge >= 0.3 is 0 Å². The third-order valence-corrected chi connectivity index (χ3v) is 7.58. The SMILES string of the molecule is COc1ccccc1Oc1c(NS(=O)(=O)c2ccc(C(C)C)cn2)nc(-c2cc(OC)c(OC)c(OC)c2)nc1OCCN. The van der Waals surface area contributed by atoms with E-state index in [1.807, 2.05) is 13.8 Å². The first-order chi connectivity index (χ1) is 21.1. The second-order valence-electron chi connectivity index (χ2n) is 9.52. The Hall–Kier alpha value is -4.82. The average Bonchev–Trinajstić information content (AvgIpc) is 3.03. The molecular formula is C30H35N5O8S. The van der Waals surface area contributed by atoms with E-state index in [-0.39, 0.29) is 53.1 Å². The number of methoxy groups -OCH3 is 4. The van der Waals surface area contributed by atoms with Gasteiger partial charge in [0.15, 0.2) is 39.7 Å². The third-order valence-electron chi connectivity index (χ3n) is 6.33. The van der Waals surface area contributed by atoms with Gasteiger partial charge in [0.2, 0.25) is 11.5 Å². The molecule has 2 heterocycles. The molecule has 0 radical (unpaired) electrons. The van der Waals surface area contributed by atoms with Gasteiger partial charge in [-0.3, -0.25) is 4.72 Å². The fourth-order valence-electron chi connectivity index (χ4n) is 4.07. The van der Waals surface area contributed by atoms with E-state index in [0.29, 0.717) is 28.6 Å². The van der Waals surface area contributed by atoms with Gasteiger partial charge in [-0.25, -0.2) is 9.97 Å². The minimum atomic E-state index is -4.27. The average molecular weight is 626 g/mol. The van der Waals surface area contributed by atoms with E-state index in [4.69, 9.17) is 34.2 Å². The molecule has 0 unspecified atom stereocenters. The van der Waals surface area contributed by atoms with E-state index in [2.05, 4.69) is 19.7 Å². The van der Waals surface area contributed by atoms with E-state index < -0.39 is 10.0 Å². The molecule has 0 aliphatic carbocycles. The minimum Gasteiger partial charge on any atom is -0.493 e. The van der Waals surface area contributed by atoms with Gasteiger partial charge in [0.05, 0.1) is 28.4 Å². The minimum absolute atomic E-state index is 0.0401. The highest BCUT2D eigenvalue weighted by Crippen LogP contribution is 2.44. The van der Waals surface area contributed by atoms with Crippen LogP contribution in [0.2, 0.25) is 0 Å². The lowest BCUT2D eigenvalue weighted by atomic mass is 10.1. The van der Waals surface area contributed by atoms with Crippen LogP contribution >= 0.6 is 0 Å². The van der Waals surface area contributed by atoms with Crippen molar-refractivity contribution < 1.29 is 36.8 Å². The van der Waals surface area contributed by atoms with Gasteiger partial charge in [-0.15, -0.1) is 0 Å². The maximum Gasteiger partial charge on any atom is 0.280 e. The summed E-state index contributed by atoms with van der Waals surface area (Å²) in [6.07, 6.45) is 1.52. The number of sulfonamides is 1. The van der Waals surface area contributed by atoms with Crippen molar-refractivity contribution in [3.8, 4) is 51.8 Å². The first kappa shape index (κ1) is 32.1. The van der Waals surface area contributed by atoms with Crippen LogP contribution in [-0.2, 0) is 10.0 Å². The largest absolute Gasteiger partial charge is 0.493 e. The van der Waals surface area contributed by atoms with Crippen molar-refractivity contribution in [2.24, 2.45) is 5.73 Å². The molecule has 234 valence electrons. The number of nitrogens with zero attached hydrogens (tertiary/aromatic N) is 3. The van der Waals surface area contributed by atoms with Crippen molar-refractivity contribution in [2.75, 3.05) is 46.3 Å². The van der Waals surface area contributed by atoms with Crippen molar-refractivity contribution >= 4 is 15.8 Å². The maximum atomic E-state index is 13.6. The van der Waals surface area contributed by atoms with Crippen LogP contribution in [0.1, 0.15) is 25.3 Å². The normalized spacial score (nSPS) is 11.2. The lowest BCUT2D eigenvalue weighted by Crippen LogP contribution is -2.18. The van der Waals surface area contributed by atoms with Crippen molar-refractivity contribution in [2.45, 2.75) is 24.8 Å². The molecule has 44 heavy (non-hydrogen) atoms. The molecule has 0 aliphatic heterocycles. The quantitative estimate of drug-likeness (QED) is 0.200. The molecule has 0 bridgehead atoms. The van der Waals surface area contributed by atoms with Crippen LogP contribution in [0, 0.1) is 0 Å². The summed E-state index contributed by atoms with van der Waals surface area (Å²) in [6, 6.07) is 13.2. The summed E-state index contributed by atoms with van der Waals surface area (Å²) in [7, 11) is 1.63. The molecular weight excluding hydrogens is 590 g/mol. The van der Waals surface area contributed by atoms with E-state index in [1.54, 1.807) is 42.5 Å². The maximum absolute atomic E-state index is 13.6. The summed E-state index contributed by atoms with van der Waals surface area (Å²) >= 11 is 0. The molecule has 3 N–H and O–H groups in total. The van der Waals surface area contributed by atoms with E-state index in [0.717, 1.165) is 5.56 Å². The molecule has 0 atom stereocenters. The third kappa shape index (κ3) is 7.03. The Morgan fingerprint density at radius 3 is 2.05 bits per heavy atom.